The number of nitrogens with zero attached hydrogens (tertiary/aromatic N) is 3. The highest BCUT2D eigenvalue weighted by atomic mass is 35.5. The number of halogens is 1. The van der Waals surface area contributed by atoms with Gasteiger partial charge >= 0.3 is 0 Å². The van der Waals surface area contributed by atoms with Crippen molar-refractivity contribution in [3.63, 3.8) is 0 Å². The Morgan fingerprint density at radius 3 is 3.04 bits per heavy atom. The molecule has 5 nitrogen and oxygen atoms in total. The second-order valence-electron chi connectivity index (χ2n) is 6.06. The van der Waals surface area contributed by atoms with E-state index >= 15 is 0 Å². The fourth-order valence-electron chi connectivity index (χ4n) is 3.10. The first-order chi connectivity index (χ1) is 12.1. The maximum atomic E-state index is 12.9. The number of carbonyl (C=O) groups excluding carboxylic acids is 1. The van der Waals surface area contributed by atoms with Gasteiger partial charge in [0.15, 0.2) is 0 Å². The van der Waals surface area contributed by atoms with Crippen molar-refractivity contribution >= 4 is 28.8 Å². The Kier molecular flexibility index (Phi) is 4.31. The quantitative estimate of drug-likeness (QED) is 0.665. The van der Waals surface area contributed by atoms with Crippen molar-refractivity contribution in [2.24, 2.45) is 0 Å². The summed E-state index contributed by atoms with van der Waals surface area (Å²) < 4.78 is 5.48. The van der Waals surface area contributed by atoms with Crippen molar-refractivity contribution in [1.29, 1.82) is 0 Å². The lowest BCUT2D eigenvalue weighted by Crippen LogP contribution is -2.30. The molecule has 1 aliphatic heterocycles. The van der Waals surface area contributed by atoms with E-state index in [1.54, 1.807) is 12.1 Å². The summed E-state index contributed by atoms with van der Waals surface area (Å²) in [6.07, 6.45) is 1.75. The lowest BCUT2D eigenvalue weighted by molar-refractivity contribution is 0.0714. The molecular formula is C18H16ClN3O2S. The number of likely N-dealkylation sites (tertiary alicyclic amines) is 1. The molecule has 0 unspecified atom stereocenters. The summed E-state index contributed by atoms with van der Waals surface area (Å²) in [5.41, 5.74) is 1.80. The van der Waals surface area contributed by atoms with E-state index in [-0.39, 0.29) is 11.9 Å². The fourth-order valence-corrected chi connectivity index (χ4v) is 4.17. The zero-order chi connectivity index (χ0) is 17.4. The normalized spacial score (nSPS) is 17.2. The van der Waals surface area contributed by atoms with Crippen LogP contribution in [0.2, 0.25) is 5.02 Å². The maximum Gasteiger partial charge on any atom is 0.264 e. The third kappa shape index (κ3) is 3.07. The number of hydrogen-bond acceptors (Lipinski definition) is 5. The minimum Gasteiger partial charge on any atom is -0.337 e. The second kappa shape index (κ2) is 6.61. The van der Waals surface area contributed by atoms with Crippen LogP contribution in [0, 0.1) is 6.92 Å². The lowest BCUT2D eigenvalue weighted by Gasteiger charge is -2.21. The number of aryl methyl sites for hydroxylation is 1. The van der Waals surface area contributed by atoms with Gasteiger partial charge in [0.1, 0.15) is 6.04 Å². The van der Waals surface area contributed by atoms with E-state index < -0.39 is 0 Å². The van der Waals surface area contributed by atoms with Gasteiger partial charge in [0.2, 0.25) is 11.7 Å². The van der Waals surface area contributed by atoms with Crippen LogP contribution in [0.15, 0.2) is 40.2 Å². The summed E-state index contributed by atoms with van der Waals surface area (Å²) in [7, 11) is 0. The summed E-state index contributed by atoms with van der Waals surface area (Å²) in [5.74, 6) is 1.01. The van der Waals surface area contributed by atoms with Crippen molar-refractivity contribution in [2.75, 3.05) is 6.54 Å². The third-order valence-corrected chi connectivity index (χ3v) is 5.62. The molecule has 3 heterocycles. The number of benzene rings is 1. The third-order valence-electron chi connectivity index (χ3n) is 4.38. The minimum absolute atomic E-state index is 0.0394. The number of amides is 1. The van der Waals surface area contributed by atoms with E-state index in [0.29, 0.717) is 23.3 Å². The highest BCUT2D eigenvalue weighted by Crippen LogP contribution is 2.34. The van der Waals surface area contributed by atoms with Crippen LogP contribution >= 0.6 is 22.9 Å². The molecule has 4 rings (SSSR count). The molecule has 0 spiro atoms. The van der Waals surface area contributed by atoms with Crippen LogP contribution in [0.3, 0.4) is 0 Å². The van der Waals surface area contributed by atoms with E-state index in [1.165, 1.54) is 11.3 Å². The zero-order valence-electron chi connectivity index (χ0n) is 13.6. The molecule has 2 aromatic heterocycles. The highest BCUT2D eigenvalue weighted by Gasteiger charge is 2.35. The first kappa shape index (κ1) is 16.3. The van der Waals surface area contributed by atoms with Crippen molar-refractivity contribution in [1.82, 2.24) is 15.0 Å². The topological polar surface area (TPSA) is 59.2 Å². The molecule has 1 aromatic carbocycles. The van der Waals surface area contributed by atoms with Gasteiger partial charge in [-0.25, -0.2) is 0 Å². The Labute approximate surface area is 154 Å². The Morgan fingerprint density at radius 1 is 1.40 bits per heavy atom. The smallest absolute Gasteiger partial charge is 0.264 e. The number of aromatic nitrogens is 2. The van der Waals surface area contributed by atoms with Gasteiger partial charge in [-0.05, 0) is 48.9 Å². The van der Waals surface area contributed by atoms with E-state index in [4.69, 9.17) is 16.1 Å². The van der Waals surface area contributed by atoms with Gasteiger partial charge in [-0.2, -0.15) is 4.98 Å². The molecule has 3 aromatic rings. The Bertz CT molecular complexity index is 920. The fraction of sp³-hybridized carbons (Fsp3) is 0.278. The van der Waals surface area contributed by atoms with Gasteiger partial charge in [0.05, 0.1) is 4.88 Å². The molecule has 0 saturated carbocycles. The number of carbonyl (C=O) groups is 1. The van der Waals surface area contributed by atoms with E-state index in [2.05, 4.69) is 10.1 Å². The molecule has 0 aliphatic carbocycles. The first-order valence-corrected chi connectivity index (χ1v) is 9.34. The zero-order valence-corrected chi connectivity index (χ0v) is 15.2. The standard InChI is InChI=1S/C18H16ClN3O2S/c1-11-7-9-25-15(11)18(23)22-8-3-6-14(22)17-20-16(21-24-17)12-4-2-5-13(19)10-12/h2,4-5,7,9-10,14H,3,6,8H2,1H3/t14-/m0/s1. The summed E-state index contributed by atoms with van der Waals surface area (Å²) >= 11 is 7.50. The van der Waals surface area contributed by atoms with Crippen molar-refractivity contribution < 1.29 is 9.32 Å². The molecule has 0 N–H and O–H groups in total. The molecule has 0 bridgehead atoms. The number of thiophene rings is 1. The van der Waals surface area contributed by atoms with Gasteiger partial charge < -0.3 is 9.42 Å². The monoisotopic (exact) mass is 373 g/mol. The average Bonchev–Trinajstić information content (AvgIpc) is 3.34. The van der Waals surface area contributed by atoms with E-state index in [0.717, 1.165) is 28.8 Å². The summed E-state index contributed by atoms with van der Waals surface area (Å²) in [6, 6.07) is 9.11. The van der Waals surface area contributed by atoms with Crippen LogP contribution in [0.5, 0.6) is 0 Å². The molecule has 0 radical (unpaired) electrons. The largest absolute Gasteiger partial charge is 0.337 e. The van der Waals surface area contributed by atoms with Crippen LogP contribution < -0.4 is 0 Å². The van der Waals surface area contributed by atoms with Gasteiger partial charge in [-0.3, -0.25) is 4.79 Å². The van der Waals surface area contributed by atoms with Gasteiger partial charge in [-0.15, -0.1) is 11.3 Å². The maximum absolute atomic E-state index is 12.9. The molecule has 7 heteroatoms. The summed E-state index contributed by atoms with van der Waals surface area (Å²) in [5, 5.41) is 6.63. The van der Waals surface area contributed by atoms with Crippen molar-refractivity contribution in [3.8, 4) is 11.4 Å². The van der Waals surface area contributed by atoms with Gasteiger partial charge in [-0.1, -0.05) is 28.9 Å². The predicted molar refractivity (Wildman–Crippen MR) is 96.8 cm³/mol. The lowest BCUT2D eigenvalue weighted by atomic mass is 10.2. The molecular weight excluding hydrogens is 358 g/mol. The minimum atomic E-state index is -0.172. The first-order valence-electron chi connectivity index (χ1n) is 8.08. The van der Waals surface area contributed by atoms with Crippen LogP contribution in [-0.4, -0.2) is 27.5 Å². The van der Waals surface area contributed by atoms with Crippen molar-refractivity contribution in [3.05, 3.63) is 57.1 Å². The van der Waals surface area contributed by atoms with Crippen LogP contribution in [0.25, 0.3) is 11.4 Å². The highest BCUT2D eigenvalue weighted by molar-refractivity contribution is 7.12. The SMILES string of the molecule is Cc1ccsc1C(=O)N1CCC[C@H]1c1nc(-c2cccc(Cl)c2)no1. The molecule has 128 valence electrons. The summed E-state index contributed by atoms with van der Waals surface area (Å²) in [4.78, 5) is 20.0. The average molecular weight is 374 g/mol. The molecule has 1 amide bonds. The van der Waals surface area contributed by atoms with Gasteiger partial charge in [0, 0.05) is 17.1 Å². The predicted octanol–water partition coefficient (Wildman–Crippen LogP) is 4.74. The Hall–Kier alpha value is -2.18. The van der Waals surface area contributed by atoms with Crippen LogP contribution in [0.1, 0.15) is 40.0 Å². The number of rotatable bonds is 3. The molecule has 25 heavy (non-hydrogen) atoms. The number of hydrogen-bond donors (Lipinski definition) is 0. The molecule has 1 saturated heterocycles. The molecule has 1 atom stereocenters. The van der Waals surface area contributed by atoms with Crippen LogP contribution in [-0.2, 0) is 0 Å². The van der Waals surface area contributed by atoms with Crippen molar-refractivity contribution in [2.45, 2.75) is 25.8 Å². The molecule has 1 fully saturated rings. The van der Waals surface area contributed by atoms with Crippen LogP contribution in [0.4, 0.5) is 0 Å². The van der Waals surface area contributed by atoms with E-state index in [1.807, 2.05) is 35.4 Å². The van der Waals surface area contributed by atoms with E-state index in [9.17, 15) is 4.79 Å². The van der Waals surface area contributed by atoms with Gasteiger partial charge in [0.25, 0.3) is 5.91 Å². The Morgan fingerprint density at radius 2 is 2.28 bits per heavy atom. The Balaban J connectivity index is 1.61. The molecule has 1 aliphatic rings. The summed E-state index contributed by atoms with van der Waals surface area (Å²) in [6.45, 7) is 2.66. The second-order valence-corrected chi connectivity index (χ2v) is 7.41.